The number of pyridine rings is 1. The summed E-state index contributed by atoms with van der Waals surface area (Å²) in [5.74, 6) is 0. The van der Waals surface area contributed by atoms with Gasteiger partial charge >= 0.3 is 0 Å². The van der Waals surface area contributed by atoms with Gasteiger partial charge in [-0.1, -0.05) is 36.4 Å². The van der Waals surface area contributed by atoms with Crippen LogP contribution in [0.15, 0.2) is 60.7 Å². The third kappa shape index (κ3) is 3.54. The minimum absolute atomic E-state index is 0.326. The van der Waals surface area contributed by atoms with Crippen molar-refractivity contribution >= 4 is 10.9 Å². The molecule has 3 heteroatoms. The van der Waals surface area contributed by atoms with Crippen LogP contribution in [0.2, 0.25) is 0 Å². The lowest BCUT2D eigenvalue weighted by atomic mass is 9.90. The number of fused-ring (bicyclic) bond motifs is 3. The Balaban J connectivity index is 1.50. The summed E-state index contributed by atoms with van der Waals surface area (Å²) in [5.41, 5.74) is 10.1. The first-order valence-corrected chi connectivity index (χ1v) is 11.0. The number of nitrogens with zero attached hydrogens (tertiary/aromatic N) is 1. The van der Waals surface area contributed by atoms with Gasteiger partial charge in [-0.15, -0.1) is 0 Å². The third-order valence-corrected chi connectivity index (χ3v) is 6.37. The monoisotopic (exact) mass is 395 g/mol. The molecule has 2 aromatic heterocycles. The number of aromatic nitrogens is 2. The van der Waals surface area contributed by atoms with Crippen molar-refractivity contribution in [1.82, 2.24) is 15.3 Å². The van der Waals surface area contributed by atoms with E-state index in [0.717, 1.165) is 17.8 Å². The van der Waals surface area contributed by atoms with Gasteiger partial charge < -0.3 is 10.3 Å². The van der Waals surface area contributed by atoms with E-state index in [0.29, 0.717) is 12.1 Å². The van der Waals surface area contributed by atoms with E-state index in [2.05, 4.69) is 96.7 Å². The smallest absolute Gasteiger partial charge is 0.0480 e. The van der Waals surface area contributed by atoms with Crippen LogP contribution in [0.1, 0.15) is 60.1 Å². The molecule has 2 aromatic carbocycles. The Morgan fingerprint density at radius 3 is 2.50 bits per heavy atom. The highest BCUT2D eigenvalue weighted by Crippen LogP contribution is 2.37. The van der Waals surface area contributed by atoms with Crippen molar-refractivity contribution in [3.63, 3.8) is 0 Å². The van der Waals surface area contributed by atoms with Crippen molar-refractivity contribution in [2.24, 2.45) is 0 Å². The maximum absolute atomic E-state index is 4.53. The average Bonchev–Trinajstić information content (AvgIpc) is 3.13. The number of aryl methyl sites for hydroxylation is 3. The fraction of sp³-hybridized carbons (Fsp3) is 0.296. The number of benzene rings is 2. The van der Waals surface area contributed by atoms with E-state index >= 15 is 0 Å². The van der Waals surface area contributed by atoms with E-state index in [1.54, 1.807) is 0 Å². The summed E-state index contributed by atoms with van der Waals surface area (Å²) in [4.78, 5) is 8.28. The number of hydrogen-bond acceptors (Lipinski definition) is 2. The van der Waals surface area contributed by atoms with E-state index in [4.69, 9.17) is 0 Å². The number of nitrogens with one attached hydrogen (secondary N) is 2. The molecule has 1 aliphatic carbocycles. The van der Waals surface area contributed by atoms with E-state index in [1.807, 2.05) is 0 Å². The van der Waals surface area contributed by atoms with Crippen molar-refractivity contribution in [2.45, 2.75) is 52.1 Å². The Morgan fingerprint density at radius 2 is 1.73 bits per heavy atom. The molecule has 30 heavy (non-hydrogen) atoms. The number of H-pyrrole nitrogens is 1. The van der Waals surface area contributed by atoms with Crippen LogP contribution in [0, 0.1) is 13.8 Å². The van der Waals surface area contributed by atoms with Gasteiger partial charge in [0.2, 0.25) is 0 Å². The number of aromatic amines is 1. The molecule has 3 nitrogen and oxygen atoms in total. The van der Waals surface area contributed by atoms with Crippen LogP contribution < -0.4 is 5.32 Å². The summed E-state index contributed by atoms with van der Waals surface area (Å²) in [6.45, 7) is 6.40. The van der Waals surface area contributed by atoms with Crippen molar-refractivity contribution in [3.05, 3.63) is 88.9 Å². The van der Waals surface area contributed by atoms with Crippen LogP contribution in [-0.4, -0.2) is 9.97 Å². The maximum atomic E-state index is 4.53. The molecule has 2 N–H and O–H groups in total. The zero-order valence-electron chi connectivity index (χ0n) is 18.0. The lowest BCUT2D eigenvalue weighted by Crippen LogP contribution is -2.27. The zero-order valence-corrected chi connectivity index (χ0v) is 18.0. The molecule has 0 radical (unpaired) electrons. The van der Waals surface area contributed by atoms with Crippen LogP contribution in [0.25, 0.3) is 22.0 Å². The Kier molecular flexibility index (Phi) is 4.92. The van der Waals surface area contributed by atoms with E-state index in [-0.39, 0.29) is 0 Å². The third-order valence-electron chi connectivity index (χ3n) is 6.37. The minimum atomic E-state index is 0.326. The highest BCUT2D eigenvalue weighted by atomic mass is 15.0. The molecular formula is C27H29N3. The topological polar surface area (TPSA) is 40.7 Å². The largest absolute Gasteiger partial charge is 0.357 e. The second kappa shape index (κ2) is 7.73. The molecule has 0 saturated carbocycles. The van der Waals surface area contributed by atoms with Crippen molar-refractivity contribution in [2.75, 3.05) is 0 Å². The van der Waals surface area contributed by atoms with Gasteiger partial charge in [-0.25, -0.2) is 0 Å². The van der Waals surface area contributed by atoms with Crippen molar-refractivity contribution in [3.8, 4) is 11.1 Å². The number of rotatable bonds is 4. The van der Waals surface area contributed by atoms with Gasteiger partial charge in [0.15, 0.2) is 0 Å². The molecule has 0 aliphatic heterocycles. The molecule has 0 saturated heterocycles. The molecule has 2 atom stereocenters. The molecule has 0 amide bonds. The molecule has 2 heterocycles. The van der Waals surface area contributed by atoms with Crippen LogP contribution >= 0.6 is 0 Å². The average molecular weight is 396 g/mol. The van der Waals surface area contributed by atoms with Gasteiger partial charge in [0, 0.05) is 40.1 Å². The molecule has 1 aliphatic rings. The highest BCUT2D eigenvalue weighted by Gasteiger charge is 2.25. The lowest BCUT2D eigenvalue weighted by molar-refractivity contribution is 0.410. The van der Waals surface area contributed by atoms with Crippen LogP contribution in [0.5, 0.6) is 0 Å². The fourth-order valence-electron chi connectivity index (χ4n) is 4.95. The first-order valence-electron chi connectivity index (χ1n) is 11.0. The summed E-state index contributed by atoms with van der Waals surface area (Å²) < 4.78 is 0. The molecular weight excluding hydrogens is 366 g/mol. The Bertz CT molecular complexity index is 1170. The van der Waals surface area contributed by atoms with E-state index in [9.17, 15) is 0 Å². The van der Waals surface area contributed by atoms with Crippen LogP contribution in [0.3, 0.4) is 0 Å². The van der Waals surface area contributed by atoms with Gasteiger partial charge in [-0.2, -0.15) is 0 Å². The molecule has 0 spiro atoms. The zero-order chi connectivity index (χ0) is 20.7. The van der Waals surface area contributed by atoms with E-state index in [1.165, 1.54) is 51.7 Å². The molecule has 5 rings (SSSR count). The summed E-state index contributed by atoms with van der Waals surface area (Å²) >= 11 is 0. The molecule has 0 unspecified atom stereocenters. The van der Waals surface area contributed by atoms with Crippen LogP contribution in [-0.2, 0) is 6.42 Å². The lowest BCUT2D eigenvalue weighted by Gasteiger charge is -2.27. The van der Waals surface area contributed by atoms with E-state index < -0.39 is 0 Å². The molecule has 4 aromatic rings. The first kappa shape index (κ1) is 19.1. The number of hydrogen-bond donors (Lipinski definition) is 2. The SMILES string of the molecule is Cc1cc(-c2ccc3[nH]c4c(c3c2)CCC[C@H]4N[C@H](C)c2ccccc2)cc(C)n1. The standard InChI is InChI=1S/C27H29N3/c1-17-14-22(15-18(2)28-17)21-12-13-25-24(16-21)23-10-7-11-26(27(23)30-25)29-19(3)20-8-5-4-6-9-20/h4-6,8-9,12-16,19,26,29-30H,7,10-11H2,1-3H3/t19-,26-/m1/s1. The molecule has 0 bridgehead atoms. The predicted octanol–water partition coefficient (Wildman–Crippen LogP) is 6.57. The normalized spacial score (nSPS) is 17.1. The summed E-state index contributed by atoms with van der Waals surface area (Å²) in [5, 5.41) is 5.24. The first-order chi connectivity index (χ1) is 14.6. The second-order valence-corrected chi connectivity index (χ2v) is 8.66. The summed E-state index contributed by atoms with van der Waals surface area (Å²) in [6, 6.07) is 22.6. The quantitative estimate of drug-likeness (QED) is 0.410. The highest BCUT2D eigenvalue weighted by molar-refractivity contribution is 5.89. The Morgan fingerprint density at radius 1 is 0.967 bits per heavy atom. The Labute approximate surface area is 178 Å². The molecule has 152 valence electrons. The van der Waals surface area contributed by atoms with Gasteiger partial charge in [0.25, 0.3) is 0 Å². The minimum Gasteiger partial charge on any atom is -0.357 e. The van der Waals surface area contributed by atoms with Gasteiger partial charge in [0.1, 0.15) is 0 Å². The fourth-order valence-corrected chi connectivity index (χ4v) is 4.95. The van der Waals surface area contributed by atoms with Crippen molar-refractivity contribution < 1.29 is 0 Å². The summed E-state index contributed by atoms with van der Waals surface area (Å²) in [6.07, 6.45) is 3.54. The van der Waals surface area contributed by atoms with Crippen molar-refractivity contribution in [1.29, 1.82) is 0 Å². The van der Waals surface area contributed by atoms with Gasteiger partial charge in [0.05, 0.1) is 0 Å². The molecule has 0 fully saturated rings. The van der Waals surface area contributed by atoms with Gasteiger partial charge in [-0.05, 0) is 86.6 Å². The predicted molar refractivity (Wildman–Crippen MR) is 125 cm³/mol. The van der Waals surface area contributed by atoms with Crippen LogP contribution in [0.4, 0.5) is 0 Å². The maximum Gasteiger partial charge on any atom is 0.0480 e. The second-order valence-electron chi connectivity index (χ2n) is 8.66. The van der Waals surface area contributed by atoms with Gasteiger partial charge in [-0.3, -0.25) is 4.98 Å². The Hall–Kier alpha value is -2.91. The summed E-state index contributed by atoms with van der Waals surface area (Å²) in [7, 11) is 0.